The number of halogens is 1. The second kappa shape index (κ2) is 14.6. The second-order valence-electron chi connectivity index (χ2n) is 18.6. The Kier molecular flexibility index (Phi) is 9.42. The number of hydrogen-bond donors (Lipinski definition) is 1. The molecule has 0 radical (unpaired) electrons. The Hall–Kier alpha value is -5.49. The summed E-state index contributed by atoms with van der Waals surface area (Å²) in [5.74, 6) is 5.38. The van der Waals surface area contributed by atoms with E-state index in [1.54, 1.807) is 6.07 Å². The molecule has 0 aromatic heterocycles. The Bertz CT molecular complexity index is 2400. The average molecular weight is 823 g/mol. The Balaban J connectivity index is 0.711. The lowest BCUT2D eigenvalue weighted by Gasteiger charge is -2.52. The van der Waals surface area contributed by atoms with Gasteiger partial charge in [-0.2, -0.15) is 0 Å². The first-order chi connectivity index (χ1) is 28.9. The van der Waals surface area contributed by atoms with Crippen molar-refractivity contribution >= 4 is 52.5 Å². The van der Waals surface area contributed by atoms with E-state index in [-0.39, 0.29) is 40.9 Å². The molecule has 5 aliphatic heterocycles. The Morgan fingerprint density at radius 3 is 2.10 bits per heavy atom. The van der Waals surface area contributed by atoms with Gasteiger partial charge in [-0.3, -0.25) is 39.1 Å². The summed E-state index contributed by atoms with van der Waals surface area (Å²) in [6.45, 7) is 13.1. The van der Waals surface area contributed by atoms with Crippen molar-refractivity contribution in [1.82, 2.24) is 20.0 Å². The third-order valence-electron chi connectivity index (χ3n) is 15.1. The molecule has 11 nitrogen and oxygen atoms in total. The van der Waals surface area contributed by atoms with E-state index in [1.807, 2.05) is 53.4 Å². The van der Waals surface area contributed by atoms with Crippen molar-refractivity contribution in [3.05, 3.63) is 104 Å². The summed E-state index contributed by atoms with van der Waals surface area (Å²) in [5, 5.41) is 2.76. The van der Waals surface area contributed by atoms with Crippen molar-refractivity contribution < 1.29 is 24.0 Å². The highest BCUT2D eigenvalue weighted by atomic mass is 35.5. The Morgan fingerprint density at radius 2 is 1.48 bits per heavy atom. The first-order valence-electron chi connectivity index (χ1n) is 21.4. The average Bonchev–Trinajstić information content (AvgIpc) is 3.93. The predicted octanol–water partition coefficient (Wildman–Crippen LogP) is 7.13. The zero-order chi connectivity index (χ0) is 41.4. The van der Waals surface area contributed by atoms with Crippen molar-refractivity contribution in [2.75, 3.05) is 37.6 Å². The van der Waals surface area contributed by atoms with Gasteiger partial charge < -0.3 is 9.80 Å². The summed E-state index contributed by atoms with van der Waals surface area (Å²) in [4.78, 5) is 75.9. The molecule has 6 fully saturated rings. The van der Waals surface area contributed by atoms with E-state index in [4.69, 9.17) is 18.2 Å². The number of likely N-dealkylation sites (tertiary alicyclic amines) is 1. The molecule has 1 atom stereocenters. The van der Waals surface area contributed by atoms with Crippen LogP contribution in [-0.2, 0) is 22.7 Å². The monoisotopic (exact) mass is 822 g/mol. The lowest BCUT2D eigenvalue weighted by atomic mass is 9.54. The SMILES string of the molecule is [C-]#[N+]c1ccc(N2CCC3(CCN(C(=O)c4ccc(C#CC56CCC(CN7Cc8cc9c(cc8C7)C(=O)N(C7CCC(=O)NC7=O)C9=O)(CC5)CC6)cc4)CC3)C2)cc1Cl. The van der Waals surface area contributed by atoms with Gasteiger partial charge in [0.25, 0.3) is 17.7 Å². The fraction of sp³-hybridized carbons (Fsp3) is 0.458. The fourth-order valence-electron chi connectivity index (χ4n) is 11.3. The van der Waals surface area contributed by atoms with Crippen molar-refractivity contribution in [3.8, 4) is 11.8 Å². The molecule has 3 saturated carbocycles. The number of nitrogens with zero attached hydrogens (tertiary/aromatic N) is 5. The lowest BCUT2D eigenvalue weighted by Crippen LogP contribution is -2.54. The highest BCUT2D eigenvalue weighted by Gasteiger charge is 2.50. The van der Waals surface area contributed by atoms with Gasteiger partial charge in [0.15, 0.2) is 0 Å². The van der Waals surface area contributed by atoms with Crippen LogP contribution in [0.4, 0.5) is 11.4 Å². The molecule has 3 aromatic carbocycles. The maximum atomic E-state index is 13.6. The summed E-state index contributed by atoms with van der Waals surface area (Å²) < 4.78 is 0. The molecular formula is C48H47ClN6O5. The molecule has 5 amide bonds. The van der Waals surface area contributed by atoms with E-state index >= 15 is 0 Å². The van der Waals surface area contributed by atoms with E-state index in [0.29, 0.717) is 27.4 Å². The summed E-state index contributed by atoms with van der Waals surface area (Å²) in [6.07, 6.45) is 9.87. The topological polar surface area (TPSA) is 115 Å². The van der Waals surface area contributed by atoms with Crippen molar-refractivity contribution in [3.63, 3.8) is 0 Å². The van der Waals surface area contributed by atoms with Gasteiger partial charge in [0.05, 0.1) is 17.7 Å². The summed E-state index contributed by atoms with van der Waals surface area (Å²) in [7, 11) is 0. The zero-order valence-electron chi connectivity index (χ0n) is 33.7. The summed E-state index contributed by atoms with van der Waals surface area (Å²) >= 11 is 6.33. The van der Waals surface area contributed by atoms with Gasteiger partial charge in [-0.25, -0.2) is 4.85 Å². The zero-order valence-corrected chi connectivity index (χ0v) is 34.4. The Morgan fingerprint density at radius 1 is 0.833 bits per heavy atom. The van der Waals surface area contributed by atoms with Gasteiger partial charge >= 0.3 is 0 Å². The van der Waals surface area contributed by atoms with Crippen LogP contribution < -0.4 is 10.2 Å². The number of amides is 5. The molecule has 3 aliphatic carbocycles. The summed E-state index contributed by atoms with van der Waals surface area (Å²) in [5.41, 5.74) is 6.45. The quantitative estimate of drug-likeness (QED) is 0.166. The van der Waals surface area contributed by atoms with Crippen LogP contribution in [0.1, 0.15) is 118 Å². The smallest absolute Gasteiger partial charge is 0.262 e. The van der Waals surface area contributed by atoms with Gasteiger partial charge in [-0.05, 0) is 135 Å². The number of fused-ring (bicyclic) bond motifs is 5. The van der Waals surface area contributed by atoms with Crippen LogP contribution in [0.25, 0.3) is 4.85 Å². The van der Waals surface area contributed by atoms with E-state index in [2.05, 4.69) is 31.8 Å². The first-order valence-corrected chi connectivity index (χ1v) is 21.8. The molecule has 1 spiro atoms. The van der Waals surface area contributed by atoms with Crippen LogP contribution in [0.5, 0.6) is 0 Å². The van der Waals surface area contributed by atoms with Crippen LogP contribution in [-0.4, -0.2) is 83.0 Å². The number of rotatable bonds is 5. The molecule has 11 rings (SSSR count). The van der Waals surface area contributed by atoms with Crippen LogP contribution >= 0.6 is 11.6 Å². The highest BCUT2D eigenvalue weighted by molar-refractivity contribution is 6.33. The minimum atomic E-state index is -0.957. The number of nitrogens with one attached hydrogen (secondary N) is 1. The molecular weight excluding hydrogens is 776 g/mol. The minimum Gasteiger partial charge on any atom is -0.371 e. The van der Waals surface area contributed by atoms with E-state index in [9.17, 15) is 24.0 Å². The molecule has 8 aliphatic rings. The fourth-order valence-corrected chi connectivity index (χ4v) is 11.5. The van der Waals surface area contributed by atoms with Crippen LogP contribution in [0.3, 0.4) is 0 Å². The number of piperidine rings is 2. The molecule has 1 N–H and O–H groups in total. The van der Waals surface area contributed by atoms with E-state index in [0.717, 1.165) is 131 Å². The third-order valence-corrected chi connectivity index (χ3v) is 15.4. The molecule has 3 saturated heterocycles. The van der Waals surface area contributed by atoms with E-state index in [1.165, 1.54) is 0 Å². The molecule has 306 valence electrons. The maximum absolute atomic E-state index is 13.6. The number of imide groups is 2. The lowest BCUT2D eigenvalue weighted by molar-refractivity contribution is -0.136. The largest absolute Gasteiger partial charge is 0.371 e. The van der Waals surface area contributed by atoms with Gasteiger partial charge in [-0.15, -0.1) is 0 Å². The summed E-state index contributed by atoms with van der Waals surface area (Å²) in [6, 6.07) is 16.3. The van der Waals surface area contributed by atoms with E-state index < -0.39 is 23.8 Å². The first kappa shape index (κ1) is 38.7. The van der Waals surface area contributed by atoms with Crippen molar-refractivity contribution in [2.45, 2.75) is 89.8 Å². The van der Waals surface area contributed by atoms with Gasteiger partial charge in [0.2, 0.25) is 17.5 Å². The van der Waals surface area contributed by atoms with Gasteiger partial charge in [-0.1, -0.05) is 29.5 Å². The maximum Gasteiger partial charge on any atom is 0.262 e. The second-order valence-corrected chi connectivity index (χ2v) is 19.0. The van der Waals surface area contributed by atoms with Crippen LogP contribution in [0, 0.1) is 34.7 Å². The minimum absolute atomic E-state index is 0.0210. The molecule has 2 bridgehead atoms. The molecule has 3 aromatic rings. The standard InChI is InChI=1S/C48H47ClN6O5/c1-50-39-7-6-35(26-38(39)49)54-23-20-48(30-54)18-21-53(22-19-48)43(58)32-4-2-31(3-5-32)10-11-46-12-15-47(16-13-46,17-14-46)29-52-27-33-24-36-37(25-34(33)28-52)45(60)55(44(36)59)40-8-9-41(56)51-42(40)57/h2-7,24-26,40H,8-9,12-23,27-30H2,(H,51,56,57). The third kappa shape index (κ3) is 6.76. The van der Waals surface area contributed by atoms with Gasteiger partial charge in [0, 0.05) is 79.5 Å². The molecule has 60 heavy (non-hydrogen) atoms. The predicted molar refractivity (Wildman–Crippen MR) is 225 cm³/mol. The molecule has 5 heterocycles. The van der Waals surface area contributed by atoms with Gasteiger partial charge in [0.1, 0.15) is 6.04 Å². The number of hydrogen-bond acceptors (Lipinski definition) is 7. The Labute approximate surface area is 355 Å². The molecule has 1 unspecified atom stereocenters. The van der Waals surface area contributed by atoms with Crippen LogP contribution in [0.15, 0.2) is 54.6 Å². The number of carbonyl (C=O) groups is 5. The number of benzene rings is 3. The molecule has 12 heteroatoms. The van der Waals surface area contributed by atoms with Crippen molar-refractivity contribution in [1.29, 1.82) is 0 Å². The number of carbonyl (C=O) groups excluding carboxylic acids is 5. The van der Waals surface area contributed by atoms with Crippen LogP contribution in [0.2, 0.25) is 5.02 Å². The normalized spacial score (nSPS) is 26.8. The number of anilines is 1. The van der Waals surface area contributed by atoms with Crippen molar-refractivity contribution in [2.24, 2.45) is 16.2 Å². The highest BCUT2D eigenvalue weighted by Crippen LogP contribution is 2.57.